The SMILES string of the molecule is C=N/C(C)=C\N(CC)c1ccc(NC(=O)Cc2ccccc2Cl)cc1OC. The van der Waals surface area contributed by atoms with E-state index in [-0.39, 0.29) is 12.3 Å². The van der Waals surface area contributed by atoms with Gasteiger partial charge >= 0.3 is 0 Å². The number of halogens is 1. The minimum atomic E-state index is -0.142. The van der Waals surface area contributed by atoms with Gasteiger partial charge in [-0.05, 0) is 44.3 Å². The Hall–Kier alpha value is -2.79. The van der Waals surface area contributed by atoms with Gasteiger partial charge < -0.3 is 15.0 Å². The van der Waals surface area contributed by atoms with Crippen LogP contribution in [0.2, 0.25) is 5.02 Å². The fraction of sp³-hybridized carbons (Fsp3) is 0.238. The number of amides is 1. The molecule has 1 N–H and O–H groups in total. The molecule has 0 fully saturated rings. The van der Waals surface area contributed by atoms with Crippen molar-refractivity contribution in [1.82, 2.24) is 0 Å². The average molecular weight is 386 g/mol. The molecule has 0 heterocycles. The number of methoxy groups -OCH3 is 1. The van der Waals surface area contributed by atoms with Gasteiger partial charge in [-0.25, -0.2) is 0 Å². The normalized spacial score (nSPS) is 11.0. The van der Waals surface area contributed by atoms with E-state index in [1.165, 1.54) is 0 Å². The Balaban J connectivity index is 2.18. The van der Waals surface area contributed by atoms with Crippen molar-refractivity contribution in [2.75, 3.05) is 23.9 Å². The summed E-state index contributed by atoms with van der Waals surface area (Å²) in [7, 11) is 1.60. The van der Waals surface area contributed by atoms with Crippen molar-refractivity contribution >= 4 is 35.6 Å². The predicted molar refractivity (Wildman–Crippen MR) is 113 cm³/mol. The molecule has 0 saturated carbocycles. The predicted octanol–water partition coefficient (Wildman–Crippen LogP) is 4.92. The quantitative estimate of drug-likeness (QED) is 0.656. The van der Waals surface area contributed by atoms with E-state index in [4.69, 9.17) is 16.3 Å². The van der Waals surface area contributed by atoms with E-state index in [2.05, 4.69) is 17.0 Å². The van der Waals surface area contributed by atoms with E-state index < -0.39 is 0 Å². The van der Waals surface area contributed by atoms with Gasteiger partial charge in [0.1, 0.15) is 5.75 Å². The van der Waals surface area contributed by atoms with Crippen molar-refractivity contribution in [1.29, 1.82) is 0 Å². The van der Waals surface area contributed by atoms with Gasteiger partial charge in [0.2, 0.25) is 5.91 Å². The highest BCUT2D eigenvalue weighted by Crippen LogP contribution is 2.32. The van der Waals surface area contributed by atoms with E-state index in [0.717, 1.165) is 23.5 Å². The van der Waals surface area contributed by atoms with E-state index in [9.17, 15) is 4.79 Å². The van der Waals surface area contributed by atoms with Crippen LogP contribution < -0.4 is 15.0 Å². The number of aliphatic imine (C=N–C) groups is 1. The molecule has 0 bridgehead atoms. The number of hydrogen-bond donors (Lipinski definition) is 1. The number of nitrogens with one attached hydrogen (secondary N) is 1. The summed E-state index contributed by atoms with van der Waals surface area (Å²) in [5.74, 6) is 0.511. The molecular formula is C21H24ClN3O2. The fourth-order valence-corrected chi connectivity index (χ4v) is 2.81. The summed E-state index contributed by atoms with van der Waals surface area (Å²) in [5.41, 5.74) is 3.13. The lowest BCUT2D eigenvalue weighted by atomic mass is 10.1. The molecule has 2 rings (SSSR count). The van der Waals surface area contributed by atoms with E-state index in [1.807, 2.05) is 55.3 Å². The number of allylic oxidation sites excluding steroid dienone is 1. The van der Waals surface area contributed by atoms with Crippen molar-refractivity contribution in [3.63, 3.8) is 0 Å². The molecule has 0 aliphatic carbocycles. The topological polar surface area (TPSA) is 53.9 Å². The van der Waals surface area contributed by atoms with Gasteiger partial charge in [-0.1, -0.05) is 29.8 Å². The Morgan fingerprint density at radius 3 is 2.70 bits per heavy atom. The zero-order chi connectivity index (χ0) is 19.8. The van der Waals surface area contributed by atoms with Crippen molar-refractivity contribution in [3.8, 4) is 5.75 Å². The molecule has 5 nitrogen and oxygen atoms in total. The van der Waals surface area contributed by atoms with Crippen molar-refractivity contribution in [2.45, 2.75) is 20.3 Å². The minimum Gasteiger partial charge on any atom is -0.494 e. The molecule has 6 heteroatoms. The molecule has 0 unspecified atom stereocenters. The second-order valence-corrected chi connectivity index (χ2v) is 6.32. The fourth-order valence-electron chi connectivity index (χ4n) is 2.61. The summed E-state index contributed by atoms with van der Waals surface area (Å²) in [5, 5.41) is 3.47. The first-order valence-electron chi connectivity index (χ1n) is 8.61. The number of carbonyl (C=O) groups is 1. The molecule has 0 saturated heterocycles. The highest BCUT2D eigenvalue weighted by Gasteiger charge is 2.12. The Morgan fingerprint density at radius 1 is 1.33 bits per heavy atom. The van der Waals surface area contributed by atoms with Crippen LogP contribution in [0.25, 0.3) is 0 Å². The summed E-state index contributed by atoms with van der Waals surface area (Å²) in [6.45, 7) is 8.19. The van der Waals surface area contributed by atoms with Gasteiger partial charge in [0.15, 0.2) is 0 Å². The summed E-state index contributed by atoms with van der Waals surface area (Å²) < 4.78 is 5.51. The standard InChI is InChI=1S/C21H24ClN3O2/c1-5-25(14-15(2)23-3)19-11-10-17(13-20(19)27-4)24-21(26)12-16-8-6-7-9-18(16)22/h6-11,13-14H,3,5,12H2,1-2,4H3,(H,24,26)/b15-14-. The first-order chi connectivity index (χ1) is 13.0. The Kier molecular flexibility index (Phi) is 7.44. The van der Waals surface area contributed by atoms with Crippen LogP contribution in [0.15, 0.2) is 59.4 Å². The van der Waals surface area contributed by atoms with Gasteiger partial charge in [-0.15, -0.1) is 0 Å². The lowest BCUT2D eigenvalue weighted by molar-refractivity contribution is -0.115. The largest absolute Gasteiger partial charge is 0.494 e. The highest BCUT2D eigenvalue weighted by molar-refractivity contribution is 6.31. The van der Waals surface area contributed by atoms with Gasteiger partial charge in [0, 0.05) is 29.5 Å². The van der Waals surface area contributed by atoms with E-state index in [1.54, 1.807) is 19.2 Å². The summed E-state index contributed by atoms with van der Waals surface area (Å²) >= 11 is 6.12. The second-order valence-electron chi connectivity index (χ2n) is 5.92. The van der Waals surface area contributed by atoms with Crippen LogP contribution >= 0.6 is 11.6 Å². The molecule has 0 spiro atoms. The van der Waals surface area contributed by atoms with Crippen LogP contribution in [0.4, 0.5) is 11.4 Å². The van der Waals surface area contributed by atoms with Crippen LogP contribution in [-0.4, -0.2) is 26.3 Å². The molecule has 2 aromatic rings. The molecule has 0 aliphatic rings. The molecule has 0 aliphatic heterocycles. The highest BCUT2D eigenvalue weighted by atomic mass is 35.5. The number of carbonyl (C=O) groups excluding carboxylic acids is 1. The summed E-state index contributed by atoms with van der Waals surface area (Å²) in [6, 6.07) is 12.9. The van der Waals surface area contributed by atoms with Crippen LogP contribution in [-0.2, 0) is 11.2 Å². The van der Waals surface area contributed by atoms with Crippen molar-refractivity contribution in [2.24, 2.45) is 4.99 Å². The Bertz CT molecular complexity index is 849. The van der Waals surface area contributed by atoms with Crippen molar-refractivity contribution in [3.05, 3.63) is 64.9 Å². The van der Waals surface area contributed by atoms with Gasteiger partial charge in [0.05, 0.1) is 24.9 Å². The number of nitrogens with zero attached hydrogens (tertiary/aromatic N) is 2. The van der Waals surface area contributed by atoms with E-state index in [0.29, 0.717) is 16.5 Å². The zero-order valence-electron chi connectivity index (χ0n) is 15.8. The van der Waals surface area contributed by atoms with Crippen LogP contribution in [0, 0.1) is 0 Å². The molecular weight excluding hydrogens is 362 g/mol. The number of anilines is 2. The third kappa shape index (κ3) is 5.59. The minimum absolute atomic E-state index is 0.142. The molecule has 0 radical (unpaired) electrons. The number of hydrogen-bond acceptors (Lipinski definition) is 4. The summed E-state index contributed by atoms with van der Waals surface area (Å²) in [4.78, 5) is 18.3. The lowest BCUT2D eigenvalue weighted by Gasteiger charge is -2.22. The van der Waals surface area contributed by atoms with Gasteiger partial charge in [-0.3, -0.25) is 9.79 Å². The number of rotatable bonds is 8. The first-order valence-corrected chi connectivity index (χ1v) is 8.99. The number of ether oxygens (including phenoxy) is 1. The third-order valence-electron chi connectivity index (χ3n) is 4.01. The van der Waals surface area contributed by atoms with E-state index >= 15 is 0 Å². The maximum Gasteiger partial charge on any atom is 0.228 e. The molecule has 0 aromatic heterocycles. The Labute approximate surface area is 165 Å². The van der Waals surface area contributed by atoms with Crippen molar-refractivity contribution < 1.29 is 9.53 Å². The lowest BCUT2D eigenvalue weighted by Crippen LogP contribution is -2.17. The Morgan fingerprint density at radius 2 is 2.07 bits per heavy atom. The monoisotopic (exact) mass is 385 g/mol. The first kappa shape index (κ1) is 20.5. The van der Waals surface area contributed by atoms with Gasteiger partial charge in [0.25, 0.3) is 0 Å². The third-order valence-corrected chi connectivity index (χ3v) is 4.38. The second kappa shape index (κ2) is 9.78. The van der Waals surface area contributed by atoms with Gasteiger partial charge in [-0.2, -0.15) is 0 Å². The average Bonchev–Trinajstić information content (AvgIpc) is 2.67. The maximum absolute atomic E-state index is 12.3. The molecule has 27 heavy (non-hydrogen) atoms. The molecule has 1 amide bonds. The zero-order valence-corrected chi connectivity index (χ0v) is 16.6. The molecule has 2 aromatic carbocycles. The van der Waals surface area contributed by atoms with Crippen LogP contribution in [0.5, 0.6) is 5.75 Å². The van der Waals surface area contributed by atoms with Crippen LogP contribution in [0.3, 0.4) is 0 Å². The number of benzene rings is 2. The smallest absolute Gasteiger partial charge is 0.228 e. The summed E-state index contributed by atoms with van der Waals surface area (Å²) in [6.07, 6.45) is 2.11. The molecule has 142 valence electrons. The molecule has 0 atom stereocenters. The van der Waals surface area contributed by atoms with Crippen LogP contribution in [0.1, 0.15) is 19.4 Å². The maximum atomic E-state index is 12.3.